The summed E-state index contributed by atoms with van der Waals surface area (Å²) >= 11 is 1.54. The average Bonchev–Trinajstić information content (AvgIpc) is 3.24. The minimum absolute atomic E-state index is 0.0216. The zero-order chi connectivity index (χ0) is 15.4. The van der Waals surface area contributed by atoms with Crippen LogP contribution in [0.4, 0.5) is 0 Å². The molecule has 0 spiro atoms. The van der Waals surface area contributed by atoms with E-state index in [1.54, 1.807) is 0 Å². The maximum atomic E-state index is 12.4. The highest BCUT2D eigenvalue weighted by Gasteiger charge is 2.25. The lowest BCUT2D eigenvalue weighted by molar-refractivity contribution is -0.0153. The highest BCUT2D eigenvalue weighted by atomic mass is 32.1. The summed E-state index contributed by atoms with van der Waals surface area (Å²) in [6, 6.07) is 1.86. The van der Waals surface area contributed by atoms with Gasteiger partial charge in [-0.25, -0.2) is 0 Å². The lowest BCUT2D eigenvalue weighted by atomic mass is 10.1. The Morgan fingerprint density at radius 1 is 1.59 bits per heavy atom. The van der Waals surface area contributed by atoms with E-state index in [1.807, 2.05) is 28.7 Å². The molecule has 3 rings (SSSR count). The van der Waals surface area contributed by atoms with Crippen molar-refractivity contribution in [2.45, 2.75) is 38.9 Å². The Morgan fingerprint density at radius 3 is 3.23 bits per heavy atom. The molecule has 0 aromatic carbocycles. The number of rotatable bonds is 5. The molecular formula is C15H19N3O3S. The lowest BCUT2D eigenvalue weighted by Crippen LogP contribution is -2.43. The van der Waals surface area contributed by atoms with E-state index in [0.29, 0.717) is 24.9 Å². The minimum atomic E-state index is 0.0216. The fraction of sp³-hybridized carbons (Fsp3) is 0.533. The van der Waals surface area contributed by atoms with Crippen LogP contribution in [0.5, 0.6) is 0 Å². The first-order valence-electron chi connectivity index (χ1n) is 7.50. The van der Waals surface area contributed by atoms with E-state index in [9.17, 15) is 4.79 Å². The van der Waals surface area contributed by atoms with Crippen LogP contribution in [0.15, 0.2) is 21.3 Å². The van der Waals surface area contributed by atoms with Crippen LogP contribution in [0.25, 0.3) is 0 Å². The van der Waals surface area contributed by atoms with Gasteiger partial charge in [-0.05, 0) is 24.3 Å². The summed E-state index contributed by atoms with van der Waals surface area (Å²) in [4.78, 5) is 18.4. The number of nitrogens with zero attached hydrogens (tertiary/aromatic N) is 3. The molecule has 2 aromatic heterocycles. The van der Waals surface area contributed by atoms with Gasteiger partial charge in [-0.2, -0.15) is 16.3 Å². The third-order valence-corrected chi connectivity index (χ3v) is 4.39. The third-order valence-electron chi connectivity index (χ3n) is 3.70. The zero-order valence-electron chi connectivity index (χ0n) is 12.5. The summed E-state index contributed by atoms with van der Waals surface area (Å²) in [6.07, 6.45) is 2.66. The van der Waals surface area contributed by atoms with Crippen molar-refractivity contribution in [3.63, 3.8) is 0 Å². The number of ether oxygens (including phenoxy) is 1. The number of thiophene rings is 1. The van der Waals surface area contributed by atoms with Crippen LogP contribution in [0.2, 0.25) is 0 Å². The molecule has 22 heavy (non-hydrogen) atoms. The molecule has 1 amide bonds. The third kappa shape index (κ3) is 3.53. The second-order valence-electron chi connectivity index (χ2n) is 5.30. The molecule has 0 N–H and O–H groups in total. The summed E-state index contributed by atoms with van der Waals surface area (Å²) in [7, 11) is 0. The van der Waals surface area contributed by atoms with Crippen LogP contribution in [-0.2, 0) is 17.8 Å². The highest BCUT2D eigenvalue weighted by molar-refractivity contribution is 7.08. The predicted octanol–water partition coefficient (Wildman–Crippen LogP) is 2.51. The number of carbonyl (C=O) groups excluding carboxylic acids is 1. The van der Waals surface area contributed by atoms with E-state index in [-0.39, 0.29) is 12.0 Å². The fourth-order valence-electron chi connectivity index (χ4n) is 2.51. The van der Waals surface area contributed by atoms with E-state index in [1.165, 1.54) is 11.3 Å². The van der Waals surface area contributed by atoms with Crippen molar-refractivity contribution in [2.75, 3.05) is 13.1 Å². The Labute approximate surface area is 133 Å². The Kier molecular flexibility index (Phi) is 4.84. The fourth-order valence-corrected chi connectivity index (χ4v) is 3.14. The summed E-state index contributed by atoms with van der Waals surface area (Å²) in [5.41, 5.74) is 0.759. The topological polar surface area (TPSA) is 68.5 Å². The van der Waals surface area contributed by atoms with Gasteiger partial charge in [-0.15, -0.1) is 0 Å². The van der Waals surface area contributed by atoms with Crippen molar-refractivity contribution >= 4 is 17.2 Å². The van der Waals surface area contributed by atoms with Crippen molar-refractivity contribution in [2.24, 2.45) is 0 Å². The van der Waals surface area contributed by atoms with Crippen molar-refractivity contribution in [1.82, 2.24) is 15.0 Å². The molecule has 0 saturated carbocycles. The van der Waals surface area contributed by atoms with Gasteiger partial charge in [0.05, 0.1) is 11.7 Å². The van der Waals surface area contributed by atoms with Gasteiger partial charge < -0.3 is 14.2 Å². The maximum Gasteiger partial charge on any atom is 0.254 e. The smallest absolute Gasteiger partial charge is 0.254 e. The van der Waals surface area contributed by atoms with E-state index >= 15 is 0 Å². The Morgan fingerprint density at radius 2 is 2.50 bits per heavy atom. The standard InChI is InChI=1S/C15H19N3O3S/c1-2-13-16-14(21-17-13)9-20-12-4-3-6-18(8-12)15(19)11-5-7-22-10-11/h5,7,10,12H,2-4,6,8-9H2,1H3. The zero-order valence-corrected chi connectivity index (χ0v) is 13.3. The summed E-state index contributed by atoms with van der Waals surface area (Å²) in [5, 5.41) is 7.65. The number of piperidine rings is 1. The number of aryl methyl sites for hydroxylation is 1. The van der Waals surface area contributed by atoms with Crippen molar-refractivity contribution in [3.8, 4) is 0 Å². The van der Waals surface area contributed by atoms with Gasteiger partial charge in [0, 0.05) is 24.9 Å². The number of amides is 1. The van der Waals surface area contributed by atoms with Gasteiger partial charge in [-0.1, -0.05) is 12.1 Å². The Hall–Kier alpha value is -1.73. The van der Waals surface area contributed by atoms with Crippen molar-refractivity contribution in [1.29, 1.82) is 0 Å². The lowest BCUT2D eigenvalue weighted by Gasteiger charge is -2.32. The van der Waals surface area contributed by atoms with E-state index in [4.69, 9.17) is 9.26 Å². The number of hydrogen-bond acceptors (Lipinski definition) is 6. The van der Waals surface area contributed by atoms with Crippen molar-refractivity contribution < 1.29 is 14.1 Å². The molecule has 0 bridgehead atoms. The first-order valence-corrected chi connectivity index (χ1v) is 8.45. The second kappa shape index (κ2) is 7.02. The molecule has 118 valence electrons. The largest absolute Gasteiger partial charge is 0.367 e. The molecule has 0 aliphatic carbocycles. The normalized spacial score (nSPS) is 18.6. The van der Waals surface area contributed by atoms with Gasteiger partial charge in [0.25, 0.3) is 11.8 Å². The summed E-state index contributed by atoms with van der Waals surface area (Å²) in [5.74, 6) is 1.27. The molecule has 7 heteroatoms. The molecule has 1 fully saturated rings. The summed E-state index contributed by atoms with van der Waals surface area (Å²) in [6.45, 7) is 3.68. The Balaban J connectivity index is 1.53. The van der Waals surface area contributed by atoms with Crippen LogP contribution < -0.4 is 0 Å². The molecular weight excluding hydrogens is 302 g/mol. The van der Waals surface area contributed by atoms with Gasteiger partial charge in [0.15, 0.2) is 5.82 Å². The first-order chi connectivity index (χ1) is 10.8. The molecule has 3 heterocycles. The van der Waals surface area contributed by atoms with Crippen molar-refractivity contribution in [3.05, 3.63) is 34.1 Å². The molecule has 1 unspecified atom stereocenters. The molecule has 2 aromatic rings. The monoisotopic (exact) mass is 321 g/mol. The van der Waals surface area contributed by atoms with Crippen LogP contribution in [0.1, 0.15) is 41.8 Å². The van der Waals surface area contributed by atoms with Gasteiger partial charge in [0.1, 0.15) is 6.61 Å². The molecule has 6 nitrogen and oxygen atoms in total. The van der Waals surface area contributed by atoms with Gasteiger partial charge in [-0.3, -0.25) is 4.79 Å². The first kappa shape index (κ1) is 15.2. The average molecular weight is 321 g/mol. The minimum Gasteiger partial charge on any atom is -0.367 e. The predicted molar refractivity (Wildman–Crippen MR) is 81.7 cm³/mol. The maximum absolute atomic E-state index is 12.4. The number of likely N-dealkylation sites (tertiary alicyclic amines) is 1. The van der Waals surface area contributed by atoms with Crippen LogP contribution in [0, 0.1) is 0 Å². The van der Waals surface area contributed by atoms with Crippen LogP contribution in [-0.4, -0.2) is 40.1 Å². The quantitative estimate of drug-likeness (QED) is 0.846. The van der Waals surface area contributed by atoms with E-state index in [2.05, 4.69) is 10.1 Å². The second-order valence-corrected chi connectivity index (χ2v) is 6.08. The highest BCUT2D eigenvalue weighted by Crippen LogP contribution is 2.18. The molecule has 1 atom stereocenters. The molecule has 1 aliphatic heterocycles. The SMILES string of the molecule is CCc1noc(COC2CCCN(C(=O)c3ccsc3)C2)n1. The van der Waals surface area contributed by atoms with E-state index in [0.717, 1.165) is 31.4 Å². The number of aromatic nitrogens is 2. The Bertz CT molecular complexity index is 611. The van der Waals surface area contributed by atoms with Gasteiger partial charge >= 0.3 is 0 Å². The molecule has 1 saturated heterocycles. The van der Waals surface area contributed by atoms with Crippen LogP contribution in [0.3, 0.4) is 0 Å². The van der Waals surface area contributed by atoms with Crippen LogP contribution >= 0.6 is 11.3 Å². The number of hydrogen-bond donors (Lipinski definition) is 0. The molecule has 0 radical (unpaired) electrons. The number of carbonyl (C=O) groups is 1. The molecule has 1 aliphatic rings. The van der Waals surface area contributed by atoms with E-state index < -0.39 is 0 Å². The summed E-state index contributed by atoms with van der Waals surface area (Å²) < 4.78 is 11.0. The van der Waals surface area contributed by atoms with Gasteiger partial charge in [0.2, 0.25) is 0 Å².